The van der Waals surface area contributed by atoms with E-state index in [1.807, 2.05) is 4.90 Å². The Kier molecular flexibility index (Phi) is 4.98. The Balaban J connectivity index is 1.33. The summed E-state index contributed by atoms with van der Waals surface area (Å²) in [6, 6.07) is 8.29. The number of fused-ring (bicyclic) bond motifs is 1. The van der Waals surface area contributed by atoms with Crippen LogP contribution in [0.4, 0.5) is 0 Å². The fourth-order valence-electron chi connectivity index (χ4n) is 4.90. The molecule has 1 aromatic rings. The van der Waals surface area contributed by atoms with Gasteiger partial charge in [-0.3, -0.25) is 9.59 Å². The first-order valence-electron chi connectivity index (χ1n) is 10.0. The van der Waals surface area contributed by atoms with Crippen LogP contribution in [0.3, 0.4) is 0 Å². The zero-order chi connectivity index (χ0) is 18.0. The SMILES string of the molecule is O=C1CCCN1Cc1ccc(CNC(=O)[C@@]23CCCC[C@H]2CNC3)cc1. The first kappa shape index (κ1) is 17.5. The van der Waals surface area contributed by atoms with Gasteiger partial charge in [-0.05, 0) is 42.9 Å². The number of nitrogens with one attached hydrogen (secondary N) is 2. The molecule has 2 saturated heterocycles. The van der Waals surface area contributed by atoms with Crippen LogP contribution >= 0.6 is 0 Å². The molecule has 26 heavy (non-hydrogen) atoms. The molecule has 4 rings (SSSR count). The van der Waals surface area contributed by atoms with Gasteiger partial charge in [0.1, 0.15) is 0 Å². The van der Waals surface area contributed by atoms with Crippen molar-refractivity contribution in [2.75, 3.05) is 19.6 Å². The molecule has 0 spiro atoms. The van der Waals surface area contributed by atoms with Crippen molar-refractivity contribution in [3.63, 3.8) is 0 Å². The molecule has 3 aliphatic rings. The summed E-state index contributed by atoms with van der Waals surface area (Å²) in [6.45, 7) is 3.95. The number of benzene rings is 1. The van der Waals surface area contributed by atoms with Crippen LogP contribution < -0.4 is 10.6 Å². The van der Waals surface area contributed by atoms with Gasteiger partial charge in [0.2, 0.25) is 11.8 Å². The molecular formula is C21H29N3O2. The van der Waals surface area contributed by atoms with Crippen LogP contribution in [0.25, 0.3) is 0 Å². The normalized spacial score (nSPS) is 28.2. The summed E-state index contributed by atoms with van der Waals surface area (Å²) in [4.78, 5) is 26.6. The first-order valence-corrected chi connectivity index (χ1v) is 10.0. The number of carbonyl (C=O) groups is 2. The zero-order valence-electron chi connectivity index (χ0n) is 15.4. The molecule has 3 fully saturated rings. The number of hydrogen-bond acceptors (Lipinski definition) is 3. The molecule has 1 aromatic carbocycles. The second kappa shape index (κ2) is 7.39. The van der Waals surface area contributed by atoms with Gasteiger partial charge < -0.3 is 15.5 Å². The van der Waals surface area contributed by atoms with E-state index in [0.717, 1.165) is 50.0 Å². The van der Waals surface area contributed by atoms with Gasteiger partial charge in [0.05, 0.1) is 5.41 Å². The van der Waals surface area contributed by atoms with Crippen LogP contribution in [0, 0.1) is 11.3 Å². The third-order valence-corrected chi connectivity index (χ3v) is 6.51. The molecule has 0 unspecified atom stereocenters. The second-order valence-corrected chi connectivity index (χ2v) is 8.15. The third kappa shape index (κ3) is 3.37. The molecular weight excluding hydrogens is 326 g/mol. The van der Waals surface area contributed by atoms with Gasteiger partial charge in [0, 0.05) is 32.6 Å². The topological polar surface area (TPSA) is 61.4 Å². The van der Waals surface area contributed by atoms with Crippen molar-refractivity contribution < 1.29 is 9.59 Å². The molecule has 0 bridgehead atoms. The van der Waals surface area contributed by atoms with Gasteiger partial charge in [-0.2, -0.15) is 0 Å². The molecule has 2 amide bonds. The summed E-state index contributed by atoms with van der Waals surface area (Å²) >= 11 is 0. The molecule has 5 nitrogen and oxygen atoms in total. The highest BCUT2D eigenvalue weighted by Gasteiger charge is 2.49. The quantitative estimate of drug-likeness (QED) is 0.851. The lowest BCUT2D eigenvalue weighted by atomic mass is 9.67. The summed E-state index contributed by atoms with van der Waals surface area (Å²) in [7, 11) is 0. The molecule has 140 valence electrons. The monoisotopic (exact) mass is 355 g/mol. The van der Waals surface area contributed by atoms with Crippen molar-refractivity contribution in [3.8, 4) is 0 Å². The smallest absolute Gasteiger partial charge is 0.228 e. The summed E-state index contributed by atoms with van der Waals surface area (Å²) in [5.74, 6) is 0.975. The molecule has 0 radical (unpaired) electrons. The lowest BCUT2D eigenvalue weighted by Gasteiger charge is -2.37. The highest BCUT2D eigenvalue weighted by Crippen LogP contribution is 2.43. The van der Waals surface area contributed by atoms with Gasteiger partial charge >= 0.3 is 0 Å². The molecule has 5 heteroatoms. The van der Waals surface area contributed by atoms with E-state index in [9.17, 15) is 9.59 Å². The Hall–Kier alpha value is -1.88. The van der Waals surface area contributed by atoms with Crippen molar-refractivity contribution >= 4 is 11.8 Å². The van der Waals surface area contributed by atoms with Gasteiger partial charge in [0.15, 0.2) is 0 Å². The highest BCUT2D eigenvalue weighted by molar-refractivity contribution is 5.84. The van der Waals surface area contributed by atoms with Crippen LogP contribution in [0.15, 0.2) is 24.3 Å². The Morgan fingerprint density at radius 3 is 2.77 bits per heavy atom. The standard InChI is InChI=1S/C21H29N3O2/c25-19-5-3-11-24(19)14-17-8-6-16(7-9-17)12-23-20(26)21-10-2-1-4-18(21)13-22-15-21/h6-9,18,22H,1-5,10-15H2,(H,23,26)/t18-,21+/m0/s1. The van der Waals surface area contributed by atoms with E-state index >= 15 is 0 Å². The number of amides is 2. The minimum atomic E-state index is -0.186. The Morgan fingerprint density at radius 1 is 1.19 bits per heavy atom. The predicted octanol–water partition coefficient (Wildman–Crippen LogP) is 2.21. The van der Waals surface area contributed by atoms with E-state index in [2.05, 4.69) is 34.9 Å². The molecule has 2 heterocycles. The Morgan fingerprint density at radius 2 is 2.00 bits per heavy atom. The second-order valence-electron chi connectivity index (χ2n) is 8.15. The molecule has 1 saturated carbocycles. The Bertz CT molecular complexity index is 672. The number of nitrogens with zero attached hydrogens (tertiary/aromatic N) is 1. The lowest BCUT2D eigenvalue weighted by Crippen LogP contribution is -2.47. The maximum absolute atomic E-state index is 12.9. The third-order valence-electron chi connectivity index (χ3n) is 6.51. The fourth-order valence-corrected chi connectivity index (χ4v) is 4.90. The summed E-state index contributed by atoms with van der Waals surface area (Å²) in [6.07, 6.45) is 6.25. The van der Waals surface area contributed by atoms with Crippen molar-refractivity contribution in [1.82, 2.24) is 15.5 Å². The predicted molar refractivity (Wildman–Crippen MR) is 100 cm³/mol. The van der Waals surface area contributed by atoms with E-state index in [-0.39, 0.29) is 17.2 Å². The average Bonchev–Trinajstić information content (AvgIpc) is 3.28. The zero-order valence-corrected chi connectivity index (χ0v) is 15.4. The molecule has 2 atom stereocenters. The van der Waals surface area contributed by atoms with Crippen LogP contribution in [0.2, 0.25) is 0 Å². The van der Waals surface area contributed by atoms with Crippen molar-refractivity contribution in [1.29, 1.82) is 0 Å². The van der Waals surface area contributed by atoms with Crippen LogP contribution in [-0.2, 0) is 22.7 Å². The minimum absolute atomic E-state index is 0.186. The lowest BCUT2D eigenvalue weighted by molar-refractivity contribution is -0.134. The van der Waals surface area contributed by atoms with Gasteiger partial charge in [-0.1, -0.05) is 37.1 Å². The largest absolute Gasteiger partial charge is 0.351 e. The molecule has 0 aromatic heterocycles. The van der Waals surface area contributed by atoms with E-state index in [1.165, 1.54) is 12.8 Å². The number of likely N-dealkylation sites (tertiary alicyclic amines) is 1. The maximum Gasteiger partial charge on any atom is 0.228 e. The van der Waals surface area contributed by atoms with Crippen LogP contribution in [-0.4, -0.2) is 36.3 Å². The number of rotatable bonds is 5. The van der Waals surface area contributed by atoms with Gasteiger partial charge in [-0.15, -0.1) is 0 Å². The number of hydrogen-bond donors (Lipinski definition) is 2. The molecule has 1 aliphatic carbocycles. The summed E-state index contributed by atoms with van der Waals surface area (Å²) < 4.78 is 0. The average molecular weight is 355 g/mol. The van der Waals surface area contributed by atoms with Crippen LogP contribution in [0.5, 0.6) is 0 Å². The van der Waals surface area contributed by atoms with E-state index < -0.39 is 0 Å². The van der Waals surface area contributed by atoms with Gasteiger partial charge in [0.25, 0.3) is 0 Å². The van der Waals surface area contributed by atoms with Crippen molar-refractivity contribution in [2.45, 2.75) is 51.6 Å². The fraction of sp³-hybridized carbons (Fsp3) is 0.619. The van der Waals surface area contributed by atoms with Crippen molar-refractivity contribution in [3.05, 3.63) is 35.4 Å². The number of carbonyl (C=O) groups excluding carboxylic acids is 2. The van der Waals surface area contributed by atoms with E-state index in [4.69, 9.17) is 0 Å². The Labute approximate surface area is 155 Å². The summed E-state index contributed by atoms with van der Waals surface area (Å²) in [5.41, 5.74) is 2.08. The highest BCUT2D eigenvalue weighted by atomic mass is 16.2. The van der Waals surface area contributed by atoms with Crippen LogP contribution in [0.1, 0.15) is 49.7 Å². The van der Waals surface area contributed by atoms with Crippen molar-refractivity contribution in [2.24, 2.45) is 11.3 Å². The molecule has 2 N–H and O–H groups in total. The van der Waals surface area contributed by atoms with Gasteiger partial charge in [-0.25, -0.2) is 0 Å². The summed E-state index contributed by atoms with van der Waals surface area (Å²) in [5, 5.41) is 6.62. The minimum Gasteiger partial charge on any atom is -0.351 e. The molecule has 2 aliphatic heterocycles. The van der Waals surface area contributed by atoms with E-state index in [0.29, 0.717) is 25.4 Å². The van der Waals surface area contributed by atoms with E-state index in [1.54, 1.807) is 0 Å². The first-order chi connectivity index (χ1) is 12.7. The maximum atomic E-state index is 12.9.